The van der Waals surface area contributed by atoms with E-state index in [1.54, 1.807) is 18.2 Å². The van der Waals surface area contributed by atoms with Crippen molar-refractivity contribution in [2.45, 2.75) is 4.90 Å². The molecule has 0 saturated carbocycles. The van der Waals surface area contributed by atoms with Crippen molar-refractivity contribution in [3.05, 3.63) is 52.5 Å². The molecule has 0 amide bonds. The van der Waals surface area contributed by atoms with Gasteiger partial charge in [0.05, 0.1) is 5.75 Å². The Bertz CT molecular complexity index is 657. The first-order valence-corrected chi connectivity index (χ1v) is 7.81. The predicted octanol–water partition coefficient (Wildman–Crippen LogP) is 4.15. The van der Waals surface area contributed by atoms with Gasteiger partial charge in [-0.05, 0) is 36.4 Å². The summed E-state index contributed by atoms with van der Waals surface area (Å²) < 4.78 is 11.5. The molecule has 3 rings (SSSR count). The van der Waals surface area contributed by atoms with E-state index in [0.717, 1.165) is 9.37 Å². The van der Waals surface area contributed by atoms with Gasteiger partial charge >= 0.3 is 0 Å². The van der Waals surface area contributed by atoms with Crippen molar-refractivity contribution in [1.29, 1.82) is 0 Å². The molecule has 3 nitrogen and oxygen atoms in total. The Morgan fingerprint density at radius 1 is 1.15 bits per heavy atom. The van der Waals surface area contributed by atoms with Gasteiger partial charge in [-0.25, -0.2) is 0 Å². The lowest BCUT2D eigenvalue weighted by Gasteiger charge is -2.03. The second-order valence-electron chi connectivity index (χ2n) is 4.24. The van der Waals surface area contributed by atoms with Gasteiger partial charge in [-0.15, -0.1) is 11.8 Å². The third-order valence-corrected chi connectivity index (χ3v) is 4.35. The minimum Gasteiger partial charge on any atom is -0.454 e. The highest BCUT2D eigenvalue weighted by Gasteiger charge is 2.16. The van der Waals surface area contributed by atoms with Crippen LogP contribution in [0.5, 0.6) is 11.5 Å². The van der Waals surface area contributed by atoms with Crippen molar-refractivity contribution in [1.82, 2.24) is 0 Å². The molecule has 0 atom stereocenters. The van der Waals surface area contributed by atoms with Gasteiger partial charge in [0, 0.05) is 14.9 Å². The fourth-order valence-corrected chi connectivity index (χ4v) is 3.26. The number of carbonyl (C=O) groups is 1. The summed E-state index contributed by atoms with van der Waals surface area (Å²) in [6, 6.07) is 13.2. The number of ketones is 1. The van der Waals surface area contributed by atoms with Gasteiger partial charge in [0.15, 0.2) is 17.3 Å². The molecule has 0 unspecified atom stereocenters. The monoisotopic (exact) mass is 350 g/mol. The Hall–Kier alpha value is -1.46. The molecule has 0 aromatic heterocycles. The molecule has 0 N–H and O–H groups in total. The fourth-order valence-electron chi connectivity index (χ4n) is 1.86. The standard InChI is InChI=1S/C15H11BrO3S/c16-11-2-1-3-12(7-11)20-8-13(17)10-4-5-14-15(6-10)19-9-18-14/h1-7H,8-9H2. The van der Waals surface area contributed by atoms with E-state index < -0.39 is 0 Å². The van der Waals surface area contributed by atoms with Gasteiger partial charge in [0.1, 0.15) is 0 Å². The summed E-state index contributed by atoms with van der Waals surface area (Å²) in [4.78, 5) is 13.2. The maximum absolute atomic E-state index is 12.2. The van der Waals surface area contributed by atoms with E-state index in [-0.39, 0.29) is 12.6 Å². The van der Waals surface area contributed by atoms with Crippen LogP contribution in [-0.4, -0.2) is 18.3 Å². The average molecular weight is 351 g/mol. The smallest absolute Gasteiger partial charge is 0.231 e. The summed E-state index contributed by atoms with van der Waals surface area (Å²) in [6.07, 6.45) is 0. The van der Waals surface area contributed by atoms with Crippen LogP contribution in [0.15, 0.2) is 51.8 Å². The molecule has 0 aliphatic carbocycles. The third-order valence-electron chi connectivity index (χ3n) is 2.86. The van der Waals surface area contributed by atoms with Crippen LogP contribution in [0.4, 0.5) is 0 Å². The molecular formula is C15H11BrO3S. The summed E-state index contributed by atoms with van der Waals surface area (Å²) in [5.74, 6) is 1.81. The number of Topliss-reactive ketones (excluding diaryl/α,β-unsaturated/α-hetero) is 1. The predicted molar refractivity (Wildman–Crippen MR) is 81.8 cm³/mol. The molecule has 1 aliphatic heterocycles. The molecule has 1 heterocycles. The molecule has 1 aliphatic rings. The molecule has 20 heavy (non-hydrogen) atoms. The summed E-state index contributed by atoms with van der Waals surface area (Å²) in [6.45, 7) is 0.222. The van der Waals surface area contributed by atoms with E-state index >= 15 is 0 Å². The number of hydrogen-bond donors (Lipinski definition) is 0. The van der Waals surface area contributed by atoms with Crippen molar-refractivity contribution >= 4 is 33.5 Å². The van der Waals surface area contributed by atoms with Gasteiger partial charge < -0.3 is 9.47 Å². The average Bonchev–Trinajstić information content (AvgIpc) is 2.92. The highest BCUT2D eigenvalue weighted by molar-refractivity contribution is 9.10. The first-order valence-electron chi connectivity index (χ1n) is 6.03. The van der Waals surface area contributed by atoms with Crippen molar-refractivity contribution in [3.8, 4) is 11.5 Å². The minimum atomic E-state index is 0.0771. The lowest BCUT2D eigenvalue weighted by Crippen LogP contribution is -2.02. The SMILES string of the molecule is O=C(CSc1cccc(Br)c1)c1ccc2c(c1)OCO2. The van der Waals surface area contributed by atoms with Gasteiger partial charge in [-0.2, -0.15) is 0 Å². The highest BCUT2D eigenvalue weighted by Crippen LogP contribution is 2.33. The van der Waals surface area contributed by atoms with Crippen LogP contribution >= 0.6 is 27.7 Å². The zero-order valence-electron chi connectivity index (χ0n) is 10.5. The second kappa shape index (κ2) is 5.89. The number of halogens is 1. The van der Waals surface area contributed by atoms with E-state index in [9.17, 15) is 4.79 Å². The number of fused-ring (bicyclic) bond motifs is 1. The molecular weight excluding hydrogens is 340 g/mol. The van der Waals surface area contributed by atoms with Crippen molar-refractivity contribution in [2.24, 2.45) is 0 Å². The van der Waals surface area contributed by atoms with Crippen LogP contribution in [0.2, 0.25) is 0 Å². The number of benzene rings is 2. The Morgan fingerprint density at radius 3 is 2.85 bits per heavy atom. The molecule has 0 bridgehead atoms. The minimum absolute atomic E-state index is 0.0771. The van der Waals surface area contributed by atoms with E-state index in [4.69, 9.17) is 9.47 Å². The van der Waals surface area contributed by atoms with E-state index in [1.165, 1.54) is 11.8 Å². The van der Waals surface area contributed by atoms with E-state index in [1.807, 2.05) is 24.3 Å². The number of rotatable bonds is 4. The van der Waals surface area contributed by atoms with E-state index in [2.05, 4.69) is 15.9 Å². The maximum atomic E-state index is 12.2. The number of thioether (sulfide) groups is 1. The third kappa shape index (κ3) is 2.99. The Morgan fingerprint density at radius 2 is 2.00 bits per heavy atom. The molecule has 5 heteroatoms. The van der Waals surface area contributed by atoms with E-state index in [0.29, 0.717) is 22.8 Å². The van der Waals surface area contributed by atoms with Gasteiger partial charge in [0.25, 0.3) is 0 Å². The first kappa shape index (κ1) is 13.5. The molecule has 102 valence electrons. The van der Waals surface area contributed by atoms with Crippen LogP contribution in [0.1, 0.15) is 10.4 Å². The van der Waals surface area contributed by atoms with Crippen molar-refractivity contribution < 1.29 is 14.3 Å². The van der Waals surface area contributed by atoms with Crippen molar-refractivity contribution in [3.63, 3.8) is 0 Å². The summed E-state index contributed by atoms with van der Waals surface area (Å²) >= 11 is 4.94. The number of carbonyl (C=O) groups excluding carboxylic acids is 1. The molecule has 2 aromatic rings. The second-order valence-corrected chi connectivity index (χ2v) is 6.20. The molecule has 0 radical (unpaired) electrons. The largest absolute Gasteiger partial charge is 0.454 e. The number of ether oxygens (including phenoxy) is 2. The first-order chi connectivity index (χ1) is 9.72. The van der Waals surface area contributed by atoms with Gasteiger partial charge in [-0.3, -0.25) is 4.79 Å². The zero-order chi connectivity index (χ0) is 13.9. The zero-order valence-corrected chi connectivity index (χ0v) is 12.9. The van der Waals surface area contributed by atoms with Crippen LogP contribution in [0.25, 0.3) is 0 Å². The normalized spacial score (nSPS) is 12.4. The maximum Gasteiger partial charge on any atom is 0.231 e. The lowest BCUT2D eigenvalue weighted by atomic mass is 10.1. The number of hydrogen-bond acceptors (Lipinski definition) is 4. The van der Waals surface area contributed by atoms with Gasteiger partial charge in [0.2, 0.25) is 6.79 Å². The topological polar surface area (TPSA) is 35.5 Å². The molecule has 0 spiro atoms. The molecule has 0 fully saturated rings. The molecule has 2 aromatic carbocycles. The summed E-state index contributed by atoms with van der Waals surface area (Å²) in [7, 11) is 0. The van der Waals surface area contributed by atoms with Gasteiger partial charge in [-0.1, -0.05) is 22.0 Å². The van der Waals surface area contributed by atoms with Crippen LogP contribution in [0, 0.1) is 0 Å². The highest BCUT2D eigenvalue weighted by atomic mass is 79.9. The fraction of sp³-hybridized carbons (Fsp3) is 0.133. The van der Waals surface area contributed by atoms with Crippen LogP contribution < -0.4 is 9.47 Å². The lowest BCUT2D eigenvalue weighted by molar-refractivity contribution is 0.102. The Labute approximate surface area is 129 Å². The summed E-state index contributed by atoms with van der Waals surface area (Å²) in [5, 5.41) is 0. The quantitative estimate of drug-likeness (QED) is 0.612. The Balaban J connectivity index is 1.67. The Kier molecular flexibility index (Phi) is 3.98. The van der Waals surface area contributed by atoms with Crippen LogP contribution in [0.3, 0.4) is 0 Å². The van der Waals surface area contributed by atoms with Crippen LogP contribution in [-0.2, 0) is 0 Å². The summed E-state index contributed by atoms with van der Waals surface area (Å²) in [5.41, 5.74) is 0.650. The van der Waals surface area contributed by atoms with Crippen molar-refractivity contribution in [2.75, 3.05) is 12.5 Å². The molecule has 0 saturated heterocycles.